The molecule has 6 heteroatoms. The maximum absolute atomic E-state index is 14.6. The molecule has 2 aliphatic rings. The second-order valence-electron chi connectivity index (χ2n) is 15.4. The van der Waals surface area contributed by atoms with Gasteiger partial charge in [-0.25, -0.2) is 0 Å². The van der Waals surface area contributed by atoms with E-state index < -0.39 is 0 Å². The molecule has 0 saturated carbocycles. The van der Waals surface area contributed by atoms with Crippen molar-refractivity contribution in [2.24, 2.45) is 23.7 Å². The summed E-state index contributed by atoms with van der Waals surface area (Å²) in [5.41, 5.74) is 2.28. The number of carbonyl (C=O) groups excluding carboxylic acids is 4. The zero-order chi connectivity index (χ0) is 37.2. The van der Waals surface area contributed by atoms with Crippen LogP contribution in [0.5, 0.6) is 0 Å². The largest absolute Gasteiger partial charge is 0.271 e. The Labute approximate surface area is 308 Å². The Balaban J connectivity index is 1.45. The lowest BCUT2D eigenvalue weighted by Crippen LogP contribution is -2.53. The molecule has 52 heavy (non-hydrogen) atoms. The average molecular weight is 699 g/mol. The van der Waals surface area contributed by atoms with Crippen molar-refractivity contribution in [1.29, 1.82) is 0 Å². The van der Waals surface area contributed by atoms with Gasteiger partial charge in [0.15, 0.2) is 0 Å². The fraction of sp³-hybridized carbons (Fsp3) is 0.478. The van der Waals surface area contributed by atoms with Gasteiger partial charge in [-0.15, -0.1) is 0 Å². The molecule has 0 fully saturated rings. The first-order valence-corrected chi connectivity index (χ1v) is 20.1. The highest BCUT2D eigenvalue weighted by Gasteiger charge is 2.45. The normalized spacial score (nSPS) is 15.1. The summed E-state index contributed by atoms with van der Waals surface area (Å²) in [6.45, 7) is 17.3. The molecule has 0 aromatic heterocycles. The van der Waals surface area contributed by atoms with Crippen LogP contribution in [0.4, 0.5) is 0 Å². The highest BCUT2D eigenvalue weighted by atomic mass is 16.2. The smallest absolute Gasteiger partial charge is 0.261 e. The van der Waals surface area contributed by atoms with Crippen molar-refractivity contribution in [3.05, 3.63) is 70.8 Å². The molecule has 0 N–H and O–H groups in total. The van der Waals surface area contributed by atoms with Gasteiger partial charge < -0.3 is 0 Å². The standard InChI is InChI=1S/C46H54N2O4/c1-9-25(10-2)41(26(11-3)12-4)47-43(49)33-21-17-29-31-19-23-35-40-36(46(52)48(45(35)51)42(27(13-5)14-6)28(15-7)16-8)24-20-32(38(31)40)30-18-22-34(44(47)50)39(33)37(29)30/h17-28,41-42H,9-16H2,1-8H3. The third-order valence-corrected chi connectivity index (χ3v) is 13.4. The van der Waals surface area contributed by atoms with E-state index in [0.29, 0.717) is 33.0 Å². The Morgan fingerprint density at radius 2 is 0.558 bits per heavy atom. The van der Waals surface area contributed by atoms with Crippen LogP contribution in [0.2, 0.25) is 0 Å². The van der Waals surface area contributed by atoms with Gasteiger partial charge in [-0.1, -0.05) is 131 Å². The van der Waals surface area contributed by atoms with Crippen LogP contribution in [0.3, 0.4) is 0 Å². The third-order valence-electron chi connectivity index (χ3n) is 13.4. The second-order valence-corrected chi connectivity index (χ2v) is 15.4. The van der Waals surface area contributed by atoms with E-state index in [0.717, 1.165) is 83.7 Å². The molecule has 2 aliphatic heterocycles. The van der Waals surface area contributed by atoms with Crippen LogP contribution in [0.1, 0.15) is 148 Å². The van der Waals surface area contributed by atoms with Crippen LogP contribution in [0, 0.1) is 23.7 Å². The molecule has 5 aromatic rings. The van der Waals surface area contributed by atoms with Crippen molar-refractivity contribution in [1.82, 2.24) is 9.80 Å². The SMILES string of the molecule is CCC(CC)C(C(CC)CC)N1C(=O)c2ccc3c4ccc5c6c(ccc(c7ccc(c2c37)C1=O)c64)C(=O)N(C(C(CC)CC)C(CC)CC)C5=O. The fourth-order valence-corrected chi connectivity index (χ4v) is 10.5. The topological polar surface area (TPSA) is 74.8 Å². The number of hydrogen-bond acceptors (Lipinski definition) is 4. The van der Waals surface area contributed by atoms with Crippen molar-refractivity contribution >= 4 is 66.7 Å². The molecule has 4 amide bonds. The van der Waals surface area contributed by atoms with E-state index in [9.17, 15) is 19.2 Å². The third kappa shape index (κ3) is 4.95. The molecule has 0 saturated heterocycles. The lowest BCUT2D eigenvalue weighted by molar-refractivity contribution is 0.0357. The molecule has 0 radical (unpaired) electrons. The second kappa shape index (κ2) is 13.9. The van der Waals surface area contributed by atoms with Crippen molar-refractivity contribution in [2.75, 3.05) is 0 Å². The van der Waals surface area contributed by atoms with Gasteiger partial charge in [0.05, 0.1) is 0 Å². The molecule has 0 unspecified atom stereocenters. The maximum Gasteiger partial charge on any atom is 0.261 e. The summed E-state index contributed by atoms with van der Waals surface area (Å²) >= 11 is 0. The summed E-state index contributed by atoms with van der Waals surface area (Å²) in [7, 11) is 0. The molecule has 0 aliphatic carbocycles. The van der Waals surface area contributed by atoms with Gasteiger partial charge in [-0.2, -0.15) is 0 Å². The van der Waals surface area contributed by atoms with E-state index >= 15 is 0 Å². The number of hydrogen-bond donors (Lipinski definition) is 0. The minimum absolute atomic E-state index is 0.165. The summed E-state index contributed by atoms with van der Waals surface area (Å²) in [5, 5.41) is 6.91. The molecular formula is C46H54N2O4. The molecule has 7 rings (SSSR count). The number of amides is 4. The summed E-state index contributed by atoms with van der Waals surface area (Å²) in [6, 6.07) is 15.3. The van der Waals surface area contributed by atoms with Crippen LogP contribution in [0.15, 0.2) is 48.5 Å². The average Bonchev–Trinajstić information content (AvgIpc) is 3.16. The van der Waals surface area contributed by atoms with E-state index in [4.69, 9.17) is 0 Å². The Kier molecular flexibility index (Phi) is 9.65. The van der Waals surface area contributed by atoms with Gasteiger partial charge in [0, 0.05) is 45.1 Å². The molecule has 0 spiro atoms. The number of carbonyl (C=O) groups is 4. The Morgan fingerprint density at radius 3 is 0.750 bits per heavy atom. The molecule has 2 heterocycles. The van der Waals surface area contributed by atoms with Gasteiger partial charge in [0.2, 0.25) is 0 Å². The van der Waals surface area contributed by atoms with Crippen molar-refractivity contribution in [2.45, 2.75) is 119 Å². The summed E-state index contributed by atoms with van der Waals surface area (Å²) in [5.74, 6) is 0.0622. The number of nitrogens with zero attached hydrogens (tertiary/aromatic N) is 2. The summed E-state index contributed by atoms with van der Waals surface area (Å²) in [6.07, 6.45) is 7.21. The molecule has 6 nitrogen and oxygen atoms in total. The first-order chi connectivity index (χ1) is 25.2. The van der Waals surface area contributed by atoms with Gasteiger partial charge in [-0.05, 0) is 80.3 Å². The molecule has 5 aromatic carbocycles. The summed E-state index contributed by atoms with van der Waals surface area (Å²) < 4.78 is 0. The van der Waals surface area contributed by atoms with Crippen LogP contribution in [-0.4, -0.2) is 45.5 Å². The monoisotopic (exact) mass is 698 g/mol. The number of imide groups is 2. The Hall–Kier alpha value is -4.32. The van der Waals surface area contributed by atoms with Gasteiger partial charge in [-0.3, -0.25) is 29.0 Å². The predicted molar refractivity (Wildman–Crippen MR) is 213 cm³/mol. The van der Waals surface area contributed by atoms with E-state index in [1.807, 2.05) is 48.5 Å². The van der Waals surface area contributed by atoms with Crippen LogP contribution < -0.4 is 0 Å². The van der Waals surface area contributed by atoms with Crippen molar-refractivity contribution in [3.63, 3.8) is 0 Å². The van der Waals surface area contributed by atoms with Gasteiger partial charge in [0.25, 0.3) is 23.6 Å². The molecular weight excluding hydrogens is 645 g/mol. The zero-order valence-electron chi connectivity index (χ0n) is 32.3. The Bertz CT molecular complexity index is 1920. The van der Waals surface area contributed by atoms with Gasteiger partial charge in [0.1, 0.15) is 0 Å². The lowest BCUT2D eigenvalue weighted by Gasteiger charge is -2.42. The van der Waals surface area contributed by atoms with E-state index in [-0.39, 0.29) is 59.4 Å². The minimum Gasteiger partial charge on any atom is -0.271 e. The van der Waals surface area contributed by atoms with E-state index in [2.05, 4.69) is 55.4 Å². The number of fused-ring (bicyclic) bond motifs is 2. The first-order valence-electron chi connectivity index (χ1n) is 20.1. The zero-order valence-corrected chi connectivity index (χ0v) is 32.3. The predicted octanol–water partition coefficient (Wildman–Crippen LogP) is 11.4. The minimum atomic E-state index is -0.207. The Morgan fingerprint density at radius 1 is 0.346 bits per heavy atom. The number of benzene rings is 5. The van der Waals surface area contributed by atoms with Crippen molar-refractivity contribution < 1.29 is 19.2 Å². The molecule has 272 valence electrons. The van der Waals surface area contributed by atoms with Crippen LogP contribution in [-0.2, 0) is 0 Å². The van der Waals surface area contributed by atoms with E-state index in [1.54, 1.807) is 9.80 Å². The molecule has 0 atom stereocenters. The fourth-order valence-electron chi connectivity index (χ4n) is 10.5. The first kappa shape index (κ1) is 36.1. The van der Waals surface area contributed by atoms with E-state index in [1.165, 1.54) is 0 Å². The van der Waals surface area contributed by atoms with Crippen molar-refractivity contribution in [3.8, 4) is 0 Å². The highest BCUT2D eigenvalue weighted by Crippen LogP contribution is 2.48. The highest BCUT2D eigenvalue weighted by molar-refractivity contribution is 6.41. The quantitative estimate of drug-likeness (QED) is 0.0657. The number of rotatable bonds is 14. The lowest BCUT2D eigenvalue weighted by atomic mass is 9.77. The molecule has 0 bridgehead atoms. The maximum atomic E-state index is 14.6. The summed E-state index contributed by atoms with van der Waals surface area (Å²) in [4.78, 5) is 61.6. The van der Waals surface area contributed by atoms with Crippen LogP contribution in [0.25, 0.3) is 43.1 Å². The van der Waals surface area contributed by atoms with Gasteiger partial charge >= 0.3 is 0 Å². The van der Waals surface area contributed by atoms with Crippen LogP contribution >= 0.6 is 0 Å².